The first-order chi connectivity index (χ1) is 10.8. The third kappa shape index (κ3) is 5.38. The molecule has 0 aliphatic carbocycles. The van der Waals surface area contributed by atoms with Crippen LogP contribution in [0.5, 0.6) is 0 Å². The summed E-state index contributed by atoms with van der Waals surface area (Å²) in [6.45, 7) is 9.52. The Labute approximate surface area is 141 Å². The lowest BCUT2D eigenvalue weighted by molar-refractivity contribution is 0.00701. The molecule has 128 valence electrons. The van der Waals surface area contributed by atoms with E-state index in [0.717, 1.165) is 15.8 Å². The van der Waals surface area contributed by atoms with E-state index in [-0.39, 0.29) is 12.1 Å². The molecular weight excluding hydrogens is 314 g/mol. The molecule has 0 radical (unpaired) electrons. The molecule has 0 unspecified atom stereocenters. The van der Waals surface area contributed by atoms with Gasteiger partial charge in [-0.15, -0.1) is 11.3 Å². The highest BCUT2D eigenvalue weighted by atomic mass is 32.1. The first kappa shape index (κ1) is 17.5. The monoisotopic (exact) mass is 339 g/mol. The standard InChI is InChI=1S/C15H25N5O2S/c1-10-17-6-12(23-10)7-18-13(16-5)19-11-8-20(9-11)14(21)22-15(2,3)4/h6,11H,7-9H2,1-5H3,(H2,16,18,19). The van der Waals surface area contributed by atoms with E-state index in [1.165, 1.54) is 0 Å². The van der Waals surface area contributed by atoms with Crippen molar-refractivity contribution in [2.45, 2.75) is 45.9 Å². The van der Waals surface area contributed by atoms with Crippen molar-refractivity contribution in [2.75, 3.05) is 20.1 Å². The van der Waals surface area contributed by atoms with Crippen LogP contribution >= 0.6 is 11.3 Å². The Balaban J connectivity index is 1.72. The number of thiazole rings is 1. The van der Waals surface area contributed by atoms with Crippen molar-refractivity contribution in [2.24, 2.45) is 4.99 Å². The fourth-order valence-corrected chi connectivity index (χ4v) is 2.83. The summed E-state index contributed by atoms with van der Waals surface area (Å²) < 4.78 is 5.34. The van der Waals surface area contributed by atoms with Crippen LogP contribution in [0.2, 0.25) is 0 Å². The first-order valence-electron chi connectivity index (χ1n) is 7.63. The maximum Gasteiger partial charge on any atom is 0.410 e. The summed E-state index contributed by atoms with van der Waals surface area (Å²) in [6, 6.07) is 0.192. The minimum Gasteiger partial charge on any atom is -0.444 e. The van der Waals surface area contributed by atoms with Crippen molar-refractivity contribution in [3.63, 3.8) is 0 Å². The Bertz CT molecular complexity index is 573. The number of aryl methyl sites for hydroxylation is 1. The summed E-state index contributed by atoms with van der Waals surface area (Å²) in [7, 11) is 1.73. The second kappa shape index (κ2) is 7.16. The summed E-state index contributed by atoms with van der Waals surface area (Å²) in [5.41, 5.74) is -0.458. The number of aliphatic imine (C=N–C) groups is 1. The Morgan fingerprint density at radius 1 is 1.52 bits per heavy atom. The van der Waals surface area contributed by atoms with E-state index in [0.29, 0.717) is 19.6 Å². The zero-order valence-corrected chi connectivity index (χ0v) is 15.2. The zero-order chi connectivity index (χ0) is 17.0. The van der Waals surface area contributed by atoms with Crippen molar-refractivity contribution in [3.8, 4) is 0 Å². The summed E-state index contributed by atoms with van der Waals surface area (Å²) >= 11 is 1.66. The Kier molecular flexibility index (Phi) is 5.46. The highest BCUT2D eigenvalue weighted by molar-refractivity contribution is 7.11. The van der Waals surface area contributed by atoms with Gasteiger partial charge in [0.05, 0.1) is 17.6 Å². The van der Waals surface area contributed by atoms with Gasteiger partial charge < -0.3 is 20.3 Å². The number of nitrogens with one attached hydrogen (secondary N) is 2. The average molecular weight is 339 g/mol. The van der Waals surface area contributed by atoms with E-state index < -0.39 is 5.60 Å². The van der Waals surface area contributed by atoms with Gasteiger partial charge in [0.2, 0.25) is 0 Å². The topological polar surface area (TPSA) is 78.9 Å². The van der Waals surface area contributed by atoms with Gasteiger partial charge in [-0.1, -0.05) is 0 Å². The van der Waals surface area contributed by atoms with Crippen LogP contribution in [0.1, 0.15) is 30.7 Å². The molecule has 2 N–H and O–H groups in total. The average Bonchev–Trinajstić information content (AvgIpc) is 2.80. The lowest BCUT2D eigenvalue weighted by atomic mass is 10.1. The molecule has 1 amide bonds. The van der Waals surface area contributed by atoms with Crippen molar-refractivity contribution in [3.05, 3.63) is 16.1 Å². The molecule has 0 spiro atoms. The van der Waals surface area contributed by atoms with Crippen LogP contribution in [0, 0.1) is 6.92 Å². The van der Waals surface area contributed by atoms with Crippen LogP contribution in [0.3, 0.4) is 0 Å². The second-order valence-corrected chi connectivity index (χ2v) is 7.82. The predicted molar refractivity (Wildman–Crippen MR) is 91.8 cm³/mol. The van der Waals surface area contributed by atoms with Crippen molar-refractivity contribution in [1.82, 2.24) is 20.5 Å². The third-order valence-corrected chi connectivity index (χ3v) is 4.11. The highest BCUT2D eigenvalue weighted by Gasteiger charge is 2.34. The number of amides is 1. The van der Waals surface area contributed by atoms with Gasteiger partial charge in [-0.2, -0.15) is 0 Å². The van der Waals surface area contributed by atoms with Gasteiger partial charge in [-0.25, -0.2) is 9.78 Å². The molecule has 1 aromatic rings. The van der Waals surface area contributed by atoms with Gasteiger partial charge in [-0.3, -0.25) is 4.99 Å². The summed E-state index contributed by atoms with van der Waals surface area (Å²) in [5.74, 6) is 0.727. The predicted octanol–water partition coefficient (Wildman–Crippen LogP) is 1.74. The number of likely N-dealkylation sites (tertiary alicyclic amines) is 1. The summed E-state index contributed by atoms with van der Waals surface area (Å²) in [6.07, 6.45) is 1.60. The minimum absolute atomic E-state index is 0.192. The van der Waals surface area contributed by atoms with Crippen molar-refractivity contribution >= 4 is 23.4 Å². The van der Waals surface area contributed by atoms with Gasteiger partial charge in [0.15, 0.2) is 5.96 Å². The molecule has 2 rings (SSSR count). The number of nitrogens with zero attached hydrogens (tertiary/aromatic N) is 3. The highest BCUT2D eigenvalue weighted by Crippen LogP contribution is 2.15. The molecule has 23 heavy (non-hydrogen) atoms. The number of aromatic nitrogens is 1. The van der Waals surface area contributed by atoms with E-state index in [2.05, 4.69) is 20.6 Å². The molecule has 8 heteroatoms. The van der Waals surface area contributed by atoms with E-state index in [1.54, 1.807) is 23.3 Å². The molecule has 1 aliphatic heterocycles. The third-order valence-electron chi connectivity index (χ3n) is 3.20. The minimum atomic E-state index is -0.458. The van der Waals surface area contributed by atoms with Crippen molar-refractivity contribution in [1.29, 1.82) is 0 Å². The smallest absolute Gasteiger partial charge is 0.410 e. The van der Waals surface area contributed by atoms with E-state index in [9.17, 15) is 4.79 Å². The van der Waals surface area contributed by atoms with Crippen LogP contribution in [0.15, 0.2) is 11.2 Å². The lowest BCUT2D eigenvalue weighted by Crippen LogP contribution is -2.63. The number of carbonyl (C=O) groups excluding carboxylic acids is 1. The Morgan fingerprint density at radius 2 is 2.22 bits per heavy atom. The molecule has 0 bridgehead atoms. The Hall–Kier alpha value is -1.83. The summed E-state index contributed by atoms with van der Waals surface area (Å²) in [4.78, 5) is 23.2. The van der Waals surface area contributed by atoms with Crippen LogP contribution in [-0.2, 0) is 11.3 Å². The van der Waals surface area contributed by atoms with Gasteiger partial charge in [0, 0.05) is 31.2 Å². The molecule has 0 aromatic carbocycles. The number of hydrogen-bond acceptors (Lipinski definition) is 5. The van der Waals surface area contributed by atoms with E-state index >= 15 is 0 Å². The Morgan fingerprint density at radius 3 is 2.74 bits per heavy atom. The first-order valence-corrected chi connectivity index (χ1v) is 8.45. The maximum absolute atomic E-state index is 11.9. The number of carbonyl (C=O) groups is 1. The number of rotatable bonds is 3. The zero-order valence-electron chi connectivity index (χ0n) is 14.3. The molecule has 1 fully saturated rings. The SMILES string of the molecule is CN=C(NCc1cnc(C)s1)NC1CN(C(=O)OC(C)(C)C)C1. The van der Waals surface area contributed by atoms with Gasteiger partial charge in [0.25, 0.3) is 0 Å². The molecule has 1 saturated heterocycles. The van der Waals surface area contributed by atoms with Gasteiger partial charge >= 0.3 is 6.09 Å². The normalized spacial score (nSPS) is 16.0. The molecular formula is C15H25N5O2S. The van der Waals surface area contributed by atoms with E-state index in [1.807, 2.05) is 33.9 Å². The maximum atomic E-state index is 11.9. The van der Waals surface area contributed by atoms with Crippen LogP contribution in [-0.4, -0.2) is 53.7 Å². The molecule has 1 aromatic heterocycles. The molecule has 7 nitrogen and oxygen atoms in total. The van der Waals surface area contributed by atoms with Crippen LogP contribution in [0.4, 0.5) is 4.79 Å². The van der Waals surface area contributed by atoms with Crippen molar-refractivity contribution < 1.29 is 9.53 Å². The quantitative estimate of drug-likeness (QED) is 0.648. The van der Waals surface area contributed by atoms with Gasteiger partial charge in [0.1, 0.15) is 5.60 Å². The second-order valence-electron chi connectivity index (χ2n) is 6.50. The number of hydrogen-bond donors (Lipinski definition) is 2. The summed E-state index contributed by atoms with van der Waals surface area (Å²) in [5, 5.41) is 7.61. The lowest BCUT2D eigenvalue weighted by Gasteiger charge is -2.40. The molecule has 0 saturated carbocycles. The molecule has 2 heterocycles. The number of ether oxygens (including phenoxy) is 1. The van der Waals surface area contributed by atoms with Crippen LogP contribution in [0.25, 0.3) is 0 Å². The van der Waals surface area contributed by atoms with Crippen LogP contribution < -0.4 is 10.6 Å². The fraction of sp³-hybridized carbons (Fsp3) is 0.667. The number of guanidine groups is 1. The van der Waals surface area contributed by atoms with E-state index in [4.69, 9.17) is 4.74 Å². The van der Waals surface area contributed by atoms with Gasteiger partial charge in [-0.05, 0) is 27.7 Å². The molecule has 0 atom stereocenters. The molecule has 1 aliphatic rings. The fourth-order valence-electron chi connectivity index (χ4n) is 2.09. The largest absolute Gasteiger partial charge is 0.444 e.